The summed E-state index contributed by atoms with van der Waals surface area (Å²) in [5.74, 6) is 0.546. The summed E-state index contributed by atoms with van der Waals surface area (Å²) in [4.78, 5) is 25.9. The van der Waals surface area contributed by atoms with Crippen molar-refractivity contribution in [3.05, 3.63) is 71.8 Å². The number of fused-ring (bicyclic) bond motifs is 1. The van der Waals surface area contributed by atoms with E-state index >= 15 is 0 Å². The molecule has 2 aliphatic rings. The lowest BCUT2D eigenvalue weighted by Crippen LogP contribution is -2.38. The maximum atomic E-state index is 13.3. The molecule has 2 heterocycles. The average Bonchev–Trinajstić information content (AvgIpc) is 3.21. The van der Waals surface area contributed by atoms with Gasteiger partial charge in [0, 0.05) is 12.5 Å². The molecule has 6 nitrogen and oxygen atoms in total. The smallest absolute Gasteiger partial charge is 0.231 e. The molecule has 0 saturated heterocycles. The van der Waals surface area contributed by atoms with Crippen molar-refractivity contribution >= 4 is 11.8 Å². The van der Waals surface area contributed by atoms with Crippen LogP contribution in [0.25, 0.3) is 0 Å². The van der Waals surface area contributed by atoms with E-state index in [1.165, 1.54) is 0 Å². The molecule has 0 aliphatic carbocycles. The highest BCUT2D eigenvalue weighted by molar-refractivity contribution is 5.90. The quantitative estimate of drug-likeness (QED) is 0.747. The third-order valence-electron chi connectivity index (χ3n) is 5.46. The number of rotatable bonds is 2. The highest BCUT2D eigenvalue weighted by Gasteiger charge is 2.27. The molecule has 156 valence electrons. The molecule has 0 spiro atoms. The van der Waals surface area contributed by atoms with Gasteiger partial charge in [0.05, 0.1) is 12.0 Å². The molecule has 0 fully saturated rings. The van der Waals surface area contributed by atoms with Gasteiger partial charge in [-0.25, -0.2) is 0 Å². The van der Waals surface area contributed by atoms with Crippen LogP contribution in [0.15, 0.2) is 60.7 Å². The van der Waals surface area contributed by atoms with Gasteiger partial charge in [-0.3, -0.25) is 9.59 Å². The van der Waals surface area contributed by atoms with E-state index in [0.717, 1.165) is 17.5 Å². The Morgan fingerprint density at radius 1 is 0.867 bits per heavy atom. The normalized spacial score (nSPS) is 25.4. The van der Waals surface area contributed by atoms with E-state index in [-0.39, 0.29) is 37.1 Å². The first-order valence-electron chi connectivity index (χ1n) is 10.3. The predicted molar refractivity (Wildman–Crippen MR) is 113 cm³/mol. The van der Waals surface area contributed by atoms with E-state index in [1.807, 2.05) is 61.5 Å². The molecule has 0 unspecified atom stereocenters. The molecule has 0 saturated carbocycles. The van der Waals surface area contributed by atoms with Gasteiger partial charge in [0.15, 0.2) is 11.5 Å². The molecule has 2 aromatic rings. The highest BCUT2D eigenvalue weighted by Crippen LogP contribution is 2.35. The summed E-state index contributed by atoms with van der Waals surface area (Å²) in [7, 11) is 0. The van der Waals surface area contributed by atoms with Crippen molar-refractivity contribution in [1.82, 2.24) is 10.6 Å². The van der Waals surface area contributed by atoms with E-state index in [1.54, 1.807) is 0 Å². The van der Waals surface area contributed by atoms with Gasteiger partial charge < -0.3 is 20.1 Å². The Balaban J connectivity index is 1.65. The second-order valence-electron chi connectivity index (χ2n) is 7.75. The highest BCUT2D eigenvalue weighted by atomic mass is 16.7. The molecular formula is C24H26N2O4. The number of hydrogen-bond acceptors (Lipinski definition) is 4. The third-order valence-corrected chi connectivity index (χ3v) is 5.46. The van der Waals surface area contributed by atoms with Gasteiger partial charge in [-0.15, -0.1) is 0 Å². The maximum absolute atomic E-state index is 13.3. The number of carbonyl (C=O) groups excluding carboxylic acids is 2. The SMILES string of the molecule is C[C@@H]1C/C=C\C[C@@H](c2ccc3c(c2)OCO3)NC(=O)[C@@H](c2ccccc2)CC(=O)N1. The van der Waals surface area contributed by atoms with Crippen LogP contribution >= 0.6 is 0 Å². The molecule has 2 aromatic carbocycles. The minimum atomic E-state index is -0.557. The monoisotopic (exact) mass is 406 g/mol. The molecule has 3 atom stereocenters. The number of hydrogen-bond donors (Lipinski definition) is 2. The van der Waals surface area contributed by atoms with Gasteiger partial charge in [-0.05, 0) is 43.0 Å². The van der Waals surface area contributed by atoms with Crippen LogP contribution < -0.4 is 20.1 Å². The molecule has 0 aromatic heterocycles. The summed E-state index contributed by atoms with van der Waals surface area (Å²) < 4.78 is 10.9. The van der Waals surface area contributed by atoms with Gasteiger partial charge >= 0.3 is 0 Å². The van der Waals surface area contributed by atoms with Crippen LogP contribution in [0.1, 0.15) is 49.3 Å². The van der Waals surface area contributed by atoms with E-state index in [0.29, 0.717) is 17.9 Å². The summed E-state index contributed by atoms with van der Waals surface area (Å²) in [5, 5.41) is 6.14. The van der Waals surface area contributed by atoms with Crippen molar-refractivity contribution in [1.29, 1.82) is 0 Å². The van der Waals surface area contributed by atoms with Gasteiger partial charge in [-0.2, -0.15) is 0 Å². The Labute approximate surface area is 176 Å². The Bertz CT molecular complexity index is 941. The summed E-state index contributed by atoms with van der Waals surface area (Å²) in [5.41, 5.74) is 1.77. The van der Waals surface area contributed by atoms with Crippen LogP contribution in [0.4, 0.5) is 0 Å². The molecule has 30 heavy (non-hydrogen) atoms. The topological polar surface area (TPSA) is 76.7 Å². The van der Waals surface area contributed by atoms with Crippen molar-refractivity contribution in [2.45, 2.75) is 44.2 Å². The molecule has 4 rings (SSSR count). The second kappa shape index (κ2) is 9.03. The summed E-state index contributed by atoms with van der Waals surface area (Å²) >= 11 is 0. The lowest BCUT2D eigenvalue weighted by molar-refractivity contribution is -0.128. The first-order valence-corrected chi connectivity index (χ1v) is 10.3. The minimum absolute atomic E-state index is 0.0108. The summed E-state index contributed by atoms with van der Waals surface area (Å²) in [6.07, 6.45) is 5.60. The lowest BCUT2D eigenvalue weighted by atomic mass is 9.92. The van der Waals surface area contributed by atoms with E-state index in [2.05, 4.69) is 16.7 Å². The maximum Gasteiger partial charge on any atom is 0.231 e. The number of nitrogens with one attached hydrogen (secondary N) is 2. The summed E-state index contributed by atoms with van der Waals surface area (Å²) in [6, 6.07) is 15.0. The van der Waals surface area contributed by atoms with Gasteiger partial charge in [0.25, 0.3) is 0 Å². The Morgan fingerprint density at radius 3 is 2.47 bits per heavy atom. The number of ether oxygens (including phenoxy) is 2. The fraction of sp³-hybridized carbons (Fsp3) is 0.333. The summed E-state index contributed by atoms with van der Waals surface area (Å²) in [6.45, 7) is 2.18. The van der Waals surface area contributed by atoms with Crippen LogP contribution in [0.2, 0.25) is 0 Å². The number of amides is 2. The van der Waals surface area contributed by atoms with E-state index in [4.69, 9.17) is 9.47 Å². The second-order valence-corrected chi connectivity index (χ2v) is 7.75. The minimum Gasteiger partial charge on any atom is -0.454 e. The van der Waals surface area contributed by atoms with Crippen LogP contribution in [-0.4, -0.2) is 24.6 Å². The van der Waals surface area contributed by atoms with Crippen LogP contribution in [0.3, 0.4) is 0 Å². The number of benzene rings is 2. The Morgan fingerprint density at radius 2 is 1.63 bits per heavy atom. The Kier molecular flexibility index (Phi) is 6.02. The molecule has 6 heteroatoms. The lowest BCUT2D eigenvalue weighted by Gasteiger charge is -2.24. The van der Waals surface area contributed by atoms with Crippen molar-refractivity contribution in [3.8, 4) is 11.5 Å². The zero-order chi connectivity index (χ0) is 20.9. The van der Waals surface area contributed by atoms with E-state index in [9.17, 15) is 9.59 Å². The van der Waals surface area contributed by atoms with Crippen molar-refractivity contribution in [2.75, 3.05) is 6.79 Å². The molecule has 2 aliphatic heterocycles. The molecule has 2 N–H and O–H groups in total. The third kappa shape index (κ3) is 4.64. The van der Waals surface area contributed by atoms with Crippen LogP contribution in [0.5, 0.6) is 11.5 Å². The van der Waals surface area contributed by atoms with Crippen molar-refractivity contribution < 1.29 is 19.1 Å². The Hall–Kier alpha value is -3.28. The van der Waals surface area contributed by atoms with Gasteiger partial charge in [0.1, 0.15) is 0 Å². The molecule has 2 amide bonds. The molecule has 0 radical (unpaired) electrons. The molecule has 0 bridgehead atoms. The van der Waals surface area contributed by atoms with Gasteiger partial charge in [0.2, 0.25) is 18.6 Å². The first kappa shape index (κ1) is 20.0. The van der Waals surface area contributed by atoms with Crippen molar-refractivity contribution in [2.24, 2.45) is 0 Å². The van der Waals surface area contributed by atoms with Crippen LogP contribution in [-0.2, 0) is 9.59 Å². The fourth-order valence-electron chi connectivity index (χ4n) is 3.84. The van der Waals surface area contributed by atoms with Gasteiger partial charge in [-0.1, -0.05) is 48.6 Å². The predicted octanol–water partition coefficient (Wildman–Crippen LogP) is 3.60. The number of carbonyl (C=O) groups is 2. The first-order chi connectivity index (χ1) is 14.6. The fourth-order valence-corrected chi connectivity index (χ4v) is 3.84. The van der Waals surface area contributed by atoms with E-state index < -0.39 is 5.92 Å². The van der Waals surface area contributed by atoms with Crippen molar-refractivity contribution in [3.63, 3.8) is 0 Å². The molecular weight excluding hydrogens is 380 g/mol. The standard InChI is InChI=1S/C24H26N2O4/c1-16-7-5-6-10-20(18-11-12-21-22(13-18)30-15-29-21)26-24(28)19(14-23(27)25-16)17-8-3-2-4-9-17/h2-6,8-9,11-13,16,19-20H,7,10,14-15H2,1H3,(H,25,27)(H,26,28)/b6-5-/t16-,19-,20+/m1/s1. The zero-order valence-corrected chi connectivity index (χ0v) is 17.0. The zero-order valence-electron chi connectivity index (χ0n) is 17.0. The largest absolute Gasteiger partial charge is 0.454 e. The van der Waals surface area contributed by atoms with Crippen LogP contribution in [0, 0.1) is 0 Å². The average molecular weight is 406 g/mol.